The zero-order valence-corrected chi connectivity index (χ0v) is 5.66. The summed E-state index contributed by atoms with van der Waals surface area (Å²) in [7, 11) is 0. The average molecular weight is 144 g/mol. The van der Waals surface area contributed by atoms with Crippen LogP contribution in [0.15, 0.2) is 12.3 Å². The van der Waals surface area contributed by atoms with Crippen LogP contribution in [-0.4, -0.2) is 10.1 Å². The molecule has 1 aliphatic rings. The van der Waals surface area contributed by atoms with Gasteiger partial charge in [0, 0.05) is 0 Å². The normalized spacial score (nSPS) is 18.2. The van der Waals surface area contributed by atoms with Gasteiger partial charge in [-0.3, -0.25) is 0 Å². The second-order valence-corrected chi connectivity index (χ2v) is 2.20. The summed E-state index contributed by atoms with van der Waals surface area (Å²) in [6, 6.07) is 0. The van der Waals surface area contributed by atoms with Crippen LogP contribution in [0.1, 0.15) is 0 Å². The van der Waals surface area contributed by atoms with Gasteiger partial charge in [0.2, 0.25) is 0 Å². The first-order valence-corrected chi connectivity index (χ1v) is 2.83. The molecule has 1 fully saturated rings. The van der Waals surface area contributed by atoms with E-state index in [1.54, 1.807) is 0 Å². The van der Waals surface area contributed by atoms with E-state index in [1.165, 1.54) is 0 Å². The predicted octanol–water partition coefficient (Wildman–Crippen LogP) is 0.305. The molecule has 1 aliphatic heterocycles. The summed E-state index contributed by atoms with van der Waals surface area (Å²) in [4.78, 5) is 0.593. The standard InChI is InChI=1S/C4H4N2S2/c1-2-3(7)6-4(8)5-2/h1H2,(H2,5,6,7,8). The second kappa shape index (κ2) is 1.80. The third-order valence-corrected chi connectivity index (χ3v) is 1.32. The molecule has 0 bridgehead atoms. The van der Waals surface area contributed by atoms with Gasteiger partial charge in [-0.25, -0.2) is 0 Å². The molecule has 0 aromatic rings. The molecule has 2 nitrogen and oxygen atoms in total. The third-order valence-electron chi connectivity index (χ3n) is 0.766. The molecule has 1 heterocycles. The van der Waals surface area contributed by atoms with Crippen molar-refractivity contribution in [1.29, 1.82) is 0 Å². The molecule has 0 spiro atoms. The number of hydrogen-bond donors (Lipinski definition) is 2. The van der Waals surface area contributed by atoms with Crippen molar-refractivity contribution >= 4 is 34.5 Å². The Labute approximate surface area is 58.0 Å². The molecule has 4 heteroatoms. The topological polar surface area (TPSA) is 24.1 Å². The van der Waals surface area contributed by atoms with Gasteiger partial charge in [-0.15, -0.1) is 0 Å². The first kappa shape index (κ1) is 5.65. The lowest BCUT2D eigenvalue weighted by molar-refractivity contribution is 1.28. The van der Waals surface area contributed by atoms with Gasteiger partial charge < -0.3 is 10.6 Å². The van der Waals surface area contributed by atoms with Crippen LogP contribution in [0.3, 0.4) is 0 Å². The molecular weight excluding hydrogens is 140 g/mol. The first-order valence-electron chi connectivity index (χ1n) is 2.01. The molecule has 42 valence electrons. The van der Waals surface area contributed by atoms with E-state index >= 15 is 0 Å². The lowest BCUT2D eigenvalue weighted by Gasteiger charge is -1.85. The molecule has 0 aliphatic carbocycles. The largest absolute Gasteiger partial charge is 0.331 e. The Morgan fingerprint density at radius 3 is 2.00 bits per heavy atom. The molecule has 0 saturated carbocycles. The van der Waals surface area contributed by atoms with Crippen LogP contribution in [0.2, 0.25) is 0 Å². The van der Waals surface area contributed by atoms with Gasteiger partial charge in [0.1, 0.15) is 4.99 Å². The Kier molecular flexibility index (Phi) is 1.27. The Morgan fingerprint density at radius 1 is 1.25 bits per heavy atom. The van der Waals surface area contributed by atoms with Gasteiger partial charge in [0.15, 0.2) is 5.11 Å². The highest BCUT2D eigenvalue weighted by atomic mass is 32.1. The zero-order valence-electron chi connectivity index (χ0n) is 4.02. The van der Waals surface area contributed by atoms with Crippen LogP contribution in [0, 0.1) is 0 Å². The van der Waals surface area contributed by atoms with E-state index in [4.69, 9.17) is 24.4 Å². The van der Waals surface area contributed by atoms with Crippen molar-refractivity contribution in [3.05, 3.63) is 12.3 Å². The fourth-order valence-electron chi connectivity index (χ4n) is 0.404. The van der Waals surface area contributed by atoms with E-state index in [0.717, 1.165) is 0 Å². The number of hydrogen-bond acceptors (Lipinski definition) is 2. The summed E-state index contributed by atoms with van der Waals surface area (Å²) in [5.74, 6) is 0. The highest BCUT2D eigenvalue weighted by molar-refractivity contribution is 7.82. The van der Waals surface area contributed by atoms with Crippen LogP contribution in [0.25, 0.3) is 0 Å². The zero-order chi connectivity index (χ0) is 6.15. The summed E-state index contributed by atoms with van der Waals surface area (Å²) < 4.78 is 0. The number of nitrogens with one attached hydrogen (secondary N) is 2. The third kappa shape index (κ3) is 0.850. The van der Waals surface area contributed by atoms with Crippen LogP contribution < -0.4 is 10.6 Å². The monoisotopic (exact) mass is 144 g/mol. The lowest BCUT2D eigenvalue weighted by Crippen LogP contribution is -2.21. The minimum atomic E-state index is 0.542. The fourth-order valence-corrected chi connectivity index (χ4v) is 0.847. The van der Waals surface area contributed by atoms with E-state index in [-0.39, 0.29) is 0 Å². The van der Waals surface area contributed by atoms with Crippen molar-refractivity contribution in [2.24, 2.45) is 0 Å². The summed E-state index contributed by atoms with van der Waals surface area (Å²) in [6.07, 6.45) is 0. The Hall–Kier alpha value is -0.480. The molecule has 2 N–H and O–H groups in total. The molecule has 1 rings (SSSR count). The number of rotatable bonds is 0. The van der Waals surface area contributed by atoms with Crippen LogP contribution in [0.5, 0.6) is 0 Å². The SMILES string of the molecule is C=C1NC(=S)NC1=S. The van der Waals surface area contributed by atoms with Gasteiger partial charge in [0.25, 0.3) is 0 Å². The molecule has 0 aromatic heterocycles. The van der Waals surface area contributed by atoms with Crippen LogP contribution >= 0.6 is 24.4 Å². The molecule has 0 amide bonds. The summed E-state index contributed by atoms with van der Waals surface area (Å²) >= 11 is 9.46. The van der Waals surface area contributed by atoms with Crippen LogP contribution in [-0.2, 0) is 0 Å². The van der Waals surface area contributed by atoms with Gasteiger partial charge in [-0.1, -0.05) is 18.8 Å². The van der Waals surface area contributed by atoms with E-state index in [1.807, 2.05) is 0 Å². The van der Waals surface area contributed by atoms with Crippen LogP contribution in [0.4, 0.5) is 0 Å². The maximum absolute atomic E-state index is 4.76. The minimum Gasteiger partial charge on any atom is -0.331 e. The predicted molar refractivity (Wildman–Crippen MR) is 40.6 cm³/mol. The van der Waals surface area contributed by atoms with Crippen molar-refractivity contribution in [3.63, 3.8) is 0 Å². The maximum Gasteiger partial charge on any atom is 0.176 e. The first-order chi connectivity index (χ1) is 3.70. The van der Waals surface area contributed by atoms with Gasteiger partial charge in [0.05, 0.1) is 5.70 Å². The quantitative estimate of drug-likeness (QED) is 0.377. The minimum absolute atomic E-state index is 0.542. The van der Waals surface area contributed by atoms with Crippen molar-refractivity contribution in [2.45, 2.75) is 0 Å². The summed E-state index contributed by atoms with van der Waals surface area (Å²) in [6.45, 7) is 3.58. The summed E-state index contributed by atoms with van der Waals surface area (Å²) in [5, 5.41) is 6.01. The van der Waals surface area contributed by atoms with Gasteiger partial charge in [-0.05, 0) is 12.2 Å². The maximum atomic E-state index is 4.76. The Morgan fingerprint density at radius 2 is 1.88 bits per heavy atom. The highest BCUT2D eigenvalue weighted by Crippen LogP contribution is 1.94. The van der Waals surface area contributed by atoms with E-state index in [0.29, 0.717) is 15.8 Å². The van der Waals surface area contributed by atoms with Crippen molar-refractivity contribution in [2.75, 3.05) is 0 Å². The molecule has 0 aromatic carbocycles. The summed E-state index contributed by atoms with van der Waals surface area (Å²) in [5.41, 5.74) is 0.685. The second-order valence-electron chi connectivity index (χ2n) is 1.39. The molecule has 0 radical (unpaired) electrons. The van der Waals surface area contributed by atoms with Gasteiger partial charge >= 0.3 is 0 Å². The van der Waals surface area contributed by atoms with E-state index in [2.05, 4.69) is 17.2 Å². The Balaban J connectivity index is 2.79. The van der Waals surface area contributed by atoms with Crippen molar-refractivity contribution < 1.29 is 0 Å². The Bertz CT molecular complexity index is 155. The molecular formula is C4H4N2S2. The smallest absolute Gasteiger partial charge is 0.176 e. The number of thiocarbonyl (C=S) groups is 2. The highest BCUT2D eigenvalue weighted by Gasteiger charge is 2.12. The lowest BCUT2D eigenvalue weighted by atomic mass is 10.5. The van der Waals surface area contributed by atoms with Crippen molar-refractivity contribution in [1.82, 2.24) is 10.6 Å². The average Bonchev–Trinajstić information content (AvgIpc) is 1.85. The van der Waals surface area contributed by atoms with E-state index in [9.17, 15) is 0 Å². The molecule has 0 unspecified atom stereocenters. The van der Waals surface area contributed by atoms with Gasteiger partial charge in [-0.2, -0.15) is 0 Å². The van der Waals surface area contributed by atoms with E-state index < -0.39 is 0 Å². The fraction of sp³-hybridized carbons (Fsp3) is 0. The molecule has 1 saturated heterocycles. The molecule has 0 atom stereocenters. The van der Waals surface area contributed by atoms with Crippen molar-refractivity contribution in [3.8, 4) is 0 Å². The molecule has 8 heavy (non-hydrogen) atoms.